The zero-order valence-corrected chi connectivity index (χ0v) is 19.7. The summed E-state index contributed by atoms with van der Waals surface area (Å²) in [6.45, 7) is 2.07. The smallest absolute Gasteiger partial charge is 0.537 e. The lowest BCUT2D eigenvalue weighted by Crippen LogP contribution is -2.06. The van der Waals surface area contributed by atoms with E-state index in [1.54, 1.807) is 24.3 Å². The minimum atomic E-state index is -0.315. The van der Waals surface area contributed by atoms with Crippen molar-refractivity contribution in [2.45, 2.75) is 19.8 Å². The second kappa shape index (κ2) is 11.6. The Morgan fingerprint density at radius 3 is 1.92 bits per heavy atom. The molecule has 0 aliphatic carbocycles. The first-order valence-electron chi connectivity index (χ1n) is 11.5. The summed E-state index contributed by atoms with van der Waals surface area (Å²) in [5.74, 6) is 0.0638. The number of aryl methyl sites for hydroxylation is 1. The van der Waals surface area contributed by atoms with Gasteiger partial charge < -0.3 is 9.68 Å². The van der Waals surface area contributed by atoms with E-state index in [9.17, 15) is 13.6 Å². The average Bonchev–Trinajstić information content (AvgIpc) is 2.87. The Bertz CT molecular complexity index is 1430. The number of fused-ring (bicyclic) bond motifs is 3. The second-order valence-electron chi connectivity index (χ2n) is 8.51. The molecule has 0 atom stereocenters. The summed E-state index contributed by atoms with van der Waals surface area (Å²) in [4.78, 5) is 11.8. The van der Waals surface area contributed by atoms with Gasteiger partial charge in [-0.15, -0.1) is 0 Å². The quantitative estimate of drug-likeness (QED) is 0.222. The van der Waals surface area contributed by atoms with E-state index in [0.29, 0.717) is 5.75 Å². The lowest BCUT2D eigenvalue weighted by atomic mass is 9.99. The minimum Gasteiger partial charge on any atom is -0.537 e. The van der Waals surface area contributed by atoms with E-state index in [1.807, 2.05) is 36.4 Å². The highest BCUT2D eigenvalue weighted by atomic mass is 19.1. The van der Waals surface area contributed by atoms with Crippen LogP contribution in [0.3, 0.4) is 0 Å². The molecule has 0 aliphatic heterocycles. The van der Waals surface area contributed by atoms with Gasteiger partial charge in [-0.3, -0.25) is 4.79 Å². The topological polar surface area (TPSA) is 46.5 Å². The van der Waals surface area contributed by atoms with Crippen LogP contribution in [0.25, 0.3) is 21.5 Å². The number of halogens is 2. The average molecular weight is 481 g/mol. The molecule has 36 heavy (non-hydrogen) atoms. The van der Waals surface area contributed by atoms with Crippen LogP contribution in [-0.4, -0.2) is 18.5 Å². The fourth-order valence-electron chi connectivity index (χ4n) is 4.06. The number of hydrogen-bond acceptors (Lipinski definition) is 3. The van der Waals surface area contributed by atoms with Gasteiger partial charge >= 0.3 is 7.69 Å². The largest absolute Gasteiger partial charge is 0.569 e. The van der Waals surface area contributed by atoms with Crippen molar-refractivity contribution in [2.75, 3.05) is 0 Å². The molecule has 5 aromatic carbocycles. The zero-order valence-electron chi connectivity index (χ0n) is 19.7. The number of Topliss-reactive ketones (excluding diaryl/α,β-unsaturated/α-hetero) is 1. The van der Waals surface area contributed by atoms with Gasteiger partial charge in [0, 0.05) is 18.2 Å². The number of carbonyl (C=O) groups is 1. The van der Waals surface area contributed by atoms with Crippen LogP contribution in [0.2, 0.25) is 0 Å². The summed E-state index contributed by atoms with van der Waals surface area (Å²) in [6, 6.07) is 28.0. The minimum absolute atomic E-state index is 0.0215. The Morgan fingerprint density at radius 2 is 1.33 bits per heavy atom. The van der Waals surface area contributed by atoms with Gasteiger partial charge in [0.05, 0.1) is 0 Å². The van der Waals surface area contributed by atoms with Crippen molar-refractivity contribution in [3.05, 3.63) is 125 Å². The van der Waals surface area contributed by atoms with Gasteiger partial charge in [0.25, 0.3) is 0 Å². The van der Waals surface area contributed by atoms with Crippen LogP contribution >= 0.6 is 0 Å². The molecule has 0 fully saturated rings. The van der Waals surface area contributed by atoms with E-state index in [2.05, 4.69) is 19.1 Å². The SMILES string of the molecule is Cc1ccc2c(O[B]O)cc3ccccc3c2c1.O=C(Cc1ccc(F)cc1)Cc1ccc(F)cc1. The normalized spacial score (nSPS) is 10.6. The molecule has 179 valence electrons. The van der Waals surface area contributed by atoms with E-state index in [0.717, 1.165) is 35.0 Å². The molecule has 3 nitrogen and oxygen atoms in total. The highest BCUT2D eigenvalue weighted by Gasteiger charge is 2.08. The lowest BCUT2D eigenvalue weighted by Gasteiger charge is -2.11. The molecule has 6 heteroatoms. The van der Waals surface area contributed by atoms with Crippen LogP contribution < -0.4 is 4.65 Å². The summed E-state index contributed by atoms with van der Waals surface area (Å²) in [6.07, 6.45) is 0.523. The third-order valence-corrected chi connectivity index (χ3v) is 5.79. The van der Waals surface area contributed by atoms with Crippen molar-refractivity contribution < 1.29 is 23.3 Å². The molecule has 5 aromatic rings. The molecule has 0 aromatic heterocycles. The van der Waals surface area contributed by atoms with Crippen molar-refractivity contribution in [1.82, 2.24) is 0 Å². The van der Waals surface area contributed by atoms with Gasteiger partial charge in [-0.2, -0.15) is 0 Å². The van der Waals surface area contributed by atoms with E-state index >= 15 is 0 Å². The molecular formula is C30H24BF2O3. The monoisotopic (exact) mass is 481 g/mol. The van der Waals surface area contributed by atoms with Gasteiger partial charge in [0.15, 0.2) is 0 Å². The molecule has 1 N–H and O–H groups in total. The molecular weight excluding hydrogens is 457 g/mol. The number of rotatable bonds is 6. The summed E-state index contributed by atoms with van der Waals surface area (Å²) in [5.41, 5.74) is 2.77. The molecule has 0 amide bonds. The first kappa shape index (κ1) is 25.1. The molecule has 0 spiro atoms. The molecule has 0 saturated heterocycles. The van der Waals surface area contributed by atoms with Crippen molar-refractivity contribution in [3.8, 4) is 5.75 Å². The van der Waals surface area contributed by atoms with Crippen molar-refractivity contribution >= 4 is 35.0 Å². The predicted octanol–water partition coefficient (Wildman–Crippen LogP) is 6.53. The van der Waals surface area contributed by atoms with Gasteiger partial charge in [0.2, 0.25) is 0 Å². The first-order valence-corrected chi connectivity index (χ1v) is 11.5. The molecule has 0 aliphatic rings. The molecule has 0 heterocycles. The highest BCUT2D eigenvalue weighted by Crippen LogP contribution is 2.33. The number of hydrogen-bond donors (Lipinski definition) is 1. The van der Waals surface area contributed by atoms with Crippen LogP contribution in [0.15, 0.2) is 97.1 Å². The second-order valence-corrected chi connectivity index (χ2v) is 8.51. The lowest BCUT2D eigenvalue weighted by molar-refractivity contribution is -0.117. The summed E-state index contributed by atoms with van der Waals surface area (Å²) in [5, 5.41) is 13.3. The fraction of sp³-hybridized carbons (Fsp3) is 0.100. The zero-order chi connectivity index (χ0) is 25.5. The van der Waals surface area contributed by atoms with E-state index in [4.69, 9.17) is 9.68 Å². The summed E-state index contributed by atoms with van der Waals surface area (Å²) in [7, 11) is 0.726. The van der Waals surface area contributed by atoms with E-state index in [1.165, 1.54) is 35.2 Å². The summed E-state index contributed by atoms with van der Waals surface area (Å²) >= 11 is 0. The Kier molecular flexibility index (Phi) is 8.08. The van der Waals surface area contributed by atoms with Crippen LogP contribution in [0.1, 0.15) is 16.7 Å². The number of carbonyl (C=O) groups excluding carboxylic acids is 1. The van der Waals surface area contributed by atoms with Crippen molar-refractivity contribution in [2.24, 2.45) is 0 Å². The Labute approximate surface area is 209 Å². The van der Waals surface area contributed by atoms with Crippen LogP contribution in [-0.2, 0) is 17.6 Å². The number of ketones is 1. The van der Waals surface area contributed by atoms with E-state index in [-0.39, 0.29) is 30.3 Å². The Hall–Kier alpha value is -4.03. The highest BCUT2D eigenvalue weighted by molar-refractivity contribution is 6.19. The molecule has 5 rings (SSSR count). The first-order chi connectivity index (χ1) is 17.4. The molecule has 0 bridgehead atoms. The third-order valence-electron chi connectivity index (χ3n) is 5.79. The van der Waals surface area contributed by atoms with Crippen molar-refractivity contribution in [1.29, 1.82) is 0 Å². The Balaban J connectivity index is 0.000000169. The van der Waals surface area contributed by atoms with Gasteiger partial charge in [0.1, 0.15) is 23.2 Å². The number of benzene rings is 5. The third kappa shape index (κ3) is 6.35. The van der Waals surface area contributed by atoms with E-state index < -0.39 is 0 Å². The maximum atomic E-state index is 12.7. The maximum Gasteiger partial charge on any atom is 0.569 e. The molecule has 0 unspecified atom stereocenters. The predicted molar refractivity (Wildman–Crippen MR) is 140 cm³/mol. The van der Waals surface area contributed by atoms with Crippen LogP contribution in [0, 0.1) is 18.6 Å². The standard InChI is InChI=1S/C15H12BO2.C15H12F2O/c1-10-6-7-13-14(8-10)12-5-3-2-4-11(12)9-15(13)18-16-17;16-13-5-1-11(2-6-13)9-15(18)10-12-3-7-14(17)8-4-12/h2-9,17H,1H3;1-8H,9-10H2. The van der Waals surface area contributed by atoms with Crippen molar-refractivity contribution in [3.63, 3.8) is 0 Å². The summed E-state index contributed by atoms with van der Waals surface area (Å²) < 4.78 is 30.6. The maximum absolute atomic E-state index is 12.7. The molecule has 0 saturated carbocycles. The molecule has 1 radical (unpaired) electrons. The van der Waals surface area contributed by atoms with Gasteiger partial charge in [-0.25, -0.2) is 8.78 Å². The van der Waals surface area contributed by atoms with Crippen LogP contribution in [0.4, 0.5) is 8.78 Å². The van der Waals surface area contributed by atoms with Crippen LogP contribution in [0.5, 0.6) is 5.75 Å². The fourth-order valence-corrected chi connectivity index (χ4v) is 4.06. The van der Waals surface area contributed by atoms with Gasteiger partial charge in [-0.1, -0.05) is 72.3 Å². The Morgan fingerprint density at radius 1 is 0.750 bits per heavy atom. The van der Waals surface area contributed by atoms with Gasteiger partial charge in [-0.05, 0) is 64.5 Å².